The lowest BCUT2D eigenvalue weighted by Gasteiger charge is -2.34. The van der Waals surface area contributed by atoms with Crippen LogP contribution in [0.2, 0.25) is 0 Å². The third-order valence-corrected chi connectivity index (χ3v) is 4.22. The third kappa shape index (κ3) is 0.962. The van der Waals surface area contributed by atoms with Gasteiger partial charge in [-0.3, -0.25) is 4.79 Å². The fraction of sp³-hybridized carbons (Fsp3) is 0.750. The van der Waals surface area contributed by atoms with Crippen LogP contribution in [0.5, 0.6) is 0 Å². The maximum Gasteiger partial charge on any atom is 0.137 e. The van der Waals surface area contributed by atoms with Gasteiger partial charge in [0, 0.05) is 12.3 Å². The second-order valence-electron chi connectivity index (χ2n) is 5.15. The van der Waals surface area contributed by atoms with Crippen LogP contribution in [0.15, 0.2) is 12.2 Å². The van der Waals surface area contributed by atoms with Crippen LogP contribution in [0, 0.1) is 29.6 Å². The molecule has 70 valence electrons. The number of allylic oxidation sites excluding steroid dienone is 2. The van der Waals surface area contributed by atoms with E-state index in [1.54, 1.807) is 0 Å². The number of carbonyl (C=O) groups excluding carboxylic acids is 1. The van der Waals surface area contributed by atoms with E-state index in [4.69, 9.17) is 0 Å². The van der Waals surface area contributed by atoms with E-state index in [0.717, 1.165) is 12.3 Å². The van der Waals surface area contributed by atoms with Crippen LogP contribution in [0.25, 0.3) is 0 Å². The van der Waals surface area contributed by atoms with Crippen molar-refractivity contribution in [3.63, 3.8) is 0 Å². The van der Waals surface area contributed by atoms with Crippen molar-refractivity contribution >= 4 is 5.78 Å². The minimum absolute atomic E-state index is 0.422. The Morgan fingerprint density at radius 3 is 2.85 bits per heavy atom. The van der Waals surface area contributed by atoms with E-state index in [-0.39, 0.29) is 0 Å². The first kappa shape index (κ1) is 7.78. The highest BCUT2D eigenvalue weighted by Crippen LogP contribution is 2.53. The topological polar surface area (TPSA) is 17.1 Å². The molecule has 0 radical (unpaired) electrons. The molecule has 0 aromatic heterocycles. The number of hydrogen-bond acceptors (Lipinski definition) is 1. The van der Waals surface area contributed by atoms with E-state index in [0.29, 0.717) is 29.5 Å². The summed E-state index contributed by atoms with van der Waals surface area (Å²) in [5.41, 5.74) is 0. The SMILES string of the molecule is C[C@@H]1CC(=O)[C@@H]2[C@H](C1)[C@@H]1C=C[C@H]2C1. The number of ketones is 1. The monoisotopic (exact) mass is 176 g/mol. The lowest BCUT2D eigenvalue weighted by molar-refractivity contribution is -0.128. The fourth-order valence-electron chi connectivity index (χ4n) is 3.75. The summed E-state index contributed by atoms with van der Waals surface area (Å²) in [6, 6.07) is 0. The van der Waals surface area contributed by atoms with Gasteiger partial charge in [-0.1, -0.05) is 19.1 Å². The molecular weight excluding hydrogens is 160 g/mol. The van der Waals surface area contributed by atoms with E-state index in [9.17, 15) is 4.79 Å². The summed E-state index contributed by atoms with van der Waals surface area (Å²) in [6.07, 6.45) is 8.06. The maximum absolute atomic E-state index is 11.8. The second-order valence-corrected chi connectivity index (χ2v) is 5.15. The van der Waals surface area contributed by atoms with Gasteiger partial charge < -0.3 is 0 Å². The van der Waals surface area contributed by atoms with E-state index < -0.39 is 0 Å². The summed E-state index contributed by atoms with van der Waals surface area (Å²) >= 11 is 0. The van der Waals surface area contributed by atoms with E-state index >= 15 is 0 Å². The van der Waals surface area contributed by atoms with Crippen molar-refractivity contribution in [2.75, 3.05) is 0 Å². The summed E-state index contributed by atoms with van der Waals surface area (Å²) < 4.78 is 0. The van der Waals surface area contributed by atoms with Gasteiger partial charge in [-0.05, 0) is 36.5 Å². The van der Waals surface area contributed by atoms with Gasteiger partial charge in [0.15, 0.2) is 0 Å². The number of Topliss-reactive ketones (excluding diaryl/α,β-unsaturated/α-hetero) is 1. The Bertz CT molecular complexity index is 279. The van der Waals surface area contributed by atoms with E-state index in [2.05, 4.69) is 19.1 Å². The molecule has 2 fully saturated rings. The maximum atomic E-state index is 11.8. The highest BCUT2D eigenvalue weighted by atomic mass is 16.1. The van der Waals surface area contributed by atoms with Crippen molar-refractivity contribution in [2.24, 2.45) is 29.6 Å². The molecular formula is C12H16O. The summed E-state index contributed by atoms with van der Waals surface area (Å²) in [6.45, 7) is 2.23. The molecule has 2 saturated carbocycles. The van der Waals surface area contributed by atoms with Crippen LogP contribution in [0.3, 0.4) is 0 Å². The van der Waals surface area contributed by atoms with Crippen LogP contribution >= 0.6 is 0 Å². The van der Waals surface area contributed by atoms with Crippen molar-refractivity contribution in [2.45, 2.75) is 26.2 Å². The molecule has 0 spiro atoms. The number of hydrogen-bond donors (Lipinski definition) is 0. The van der Waals surface area contributed by atoms with Crippen molar-refractivity contribution < 1.29 is 4.79 Å². The van der Waals surface area contributed by atoms with Crippen molar-refractivity contribution in [1.82, 2.24) is 0 Å². The highest BCUT2D eigenvalue weighted by molar-refractivity contribution is 5.83. The summed E-state index contributed by atoms with van der Waals surface area (Å²) in [4.78, 5) is 11.8. The van der Waals surface area contributed by atoms with Crippen molar-refractivity contribution in [3.8, 4) is 0 Å². The van der Waals surface area contributed by atoms with E-state index in [1.807, 2.05) is 0 Å². The van der Waals surface area contributed by atoms with Crippen LogP contribution in [0.1, 0.15) is 26.2 Å². The Morgan fingerprint density at radius 1 is 1.23 bits per heavy atom. The Balaban J connectivity index is 1.94. The molecule has 0 N–H and O–H groups in total. The molecule has 3 aliphatic carbocycles. The molecule has 0 saturated heterocycles. The smallest absolute Gasteiger partial charge is 0.137 e. The van der Waals surface area contributed by atoms with Gasteiger partial charge >= 0.3 is 0 Å². The van der Waals surface area contributed by atoms with Gasteiger partial charge in [0.05, 0.1) is 0 Å². The number of rotatable bonds is 0. The Labute approximate surface area is 79.2 Å². The van der Waals surface area contributed by atoms with Crippen molar-refractivity contribution in [1.29, 1.82) is 0 Å². The van der Waals surface area contributed by atoms with Gasteiger partial charge in [0.1, 0.15) is 5.78 Å². The molecule has 0 amide bonds. The van der Waals surface area contributed by atoms with Gasteiger partial charge in [-0.15, -0.1) is 0 Å². The first-order chi connectivity index (χ1) is 6.25. The molecule has 13 heavy (non-hydrogen) atoms. The van der Waals surface area contributed by atoms with E-state index in [1.165, 1.54) is 12.8 Å². The molecule has 2 bridgehead atoms. The molecule has 1 heteroatoms. The average molecular weight is 176 g/mol. The molecule has 3 aliphatic rings. The zero-order valence-corrected chi connectivity index (χ0v) is 8.07. The van der Waals surface area contributed by atoms with Crippen LogP contribution in [-0.2, 0) is 4.79 Å². The minimum atomic E-state index is 0.422. The van der Waals surface area contributed by atoms with Gasteiger partial charge in [0.2, 0.25) is 0 Å². The fourth-order valence-corrected chi connectivity index (χ4v) is 3.75. The Morgan fingerprint density at radius 2 is 2.00 bits per heavy atom. The normalized spacial score (nSPS) is 52.7. The molecule has 1 nitrogen and oxygen atoms in total. The van der Waals surface area contributed by atoms with Gasteiger partial charge in [0.25, 0.3) is 0 Å². The second kappa shape index (κ2) is 2.46. The minimum Gasteiger partial charge on any atom is -0.299 e. The zero-order valence-electron chi connectivity index (χ0n) is 8.07. The molecule has 0 aliphatic heterocycles. The molecule has 0 heterocycles. The zero-order chi connectivity index (χ0) is 9.00. The predicted octanol–water partition coefficient (Wildman–Crippen LogP) is 2.42. The standard InChI is InChI=1S/C12H16O/c1-7-4-10-8-2-3-9(6-8)12(10)11(13)5-7/h2-3,7-10,12H,4-6H2,1H3/t7-,8+,9-,10+,12-/m0/s1. The Hall–Kier alpha value is -0.590. The summed E-state index contributed by atoms with van der Waals surface area (Å²) in [7, 11) is 0. The first-order valence-electron chi connectivity index (χ1n) is 5.46. The first-order valence-corrected chi connectivity index (χ1v) is 5.46. The summed E-state index contributed by atoms with van der Waals surface area (Å²) in [5, 5.41) is 0. The molecule has 0 unspecified atom stereocenters. The van der Waals surface area contributed by atoms with Crippen molar-refractivity contribution in [3.05, 3.63) is 12.2 Å². The highest BCUT2D eigenvalue weighted by Gasteiger charge is 2.50. The van der Waals surface area contributed by atoms with Crippen LogP contribution in [0.4, 0.5) is 0 Å². The summed E-state index contributed by atoms with van der Waals surface area (Å²) in [5.74, 6) is 3.70. The van der Waals surface area contributed by atoms with Gasteiger partial charge in [-0.25, -0.2) is 0 Å². The van der Waals surface area contributed by atoms with Crippen LogP contribution in [-0.4, -0.2) is 5.78 Å². The van der Waals surface area contributed by atoms with Gasteiger partial charge in [-0.2, -0.15) is 0 Å². The predicted molar refractivity (Wildman–Crippen MR) is 51.1 cm³/mol. The van der Waals surface area contributed by atoms with Crippen LogP contribution < -0.4 is 0 Å². The molecule has 3 rings (SSSR count). The molecule has 0 aromatic carbocycles. The number of fused-ring (bicyclic) bond motifs is 5. The lowest BCUT2D eigenvalue weighted by atomic mass is 9.69. The number of carbonyl (C=O) groups is 1. The lowest BCUT2D eigenvalue weighted by Crippen LogP contribution is -2.34. The molecule has 0 aromatic rings. The Kier molecular flexibility index (Phi) is 1.47. The largest absolute Gasteiger partial charge is 0.299 e. The molecule has 5 atom stereocenters. The average Bonchev–Trinajstić information content (AvgIpc) is 2.62. The third-order valence-electron chi connectivity index (χ3n) is 4.22. The quantitative estimate of drug-likeness (QED) is 0.518.